The highest BCUT2D eigenvalue weighted by molar-refractivity contribution is 7.13. The third kappa shape index (κ3) is 12.8. The van der Waals surface area contributed by atoms with Gasteiger partial charge in [-0.15, -0.1) is 11.3 Å². The van der Waals surface area contributed by atoms with Crippen molar-refractivity contribution in [3.63, 3.8) is 0 Å². The minimum absolute atomic E-state index is 0.00356. The van der Waals surface area contributed by atoms with Gasteiger partial charge in [0.1, 0.15) is 23.9 Å². The molecule has 4 amide bonds. The normalized spacial score (nSPS) is 21.7. The van der Waals surface area contributed by atoms with Gasteiger partial charge in [-0.05, 0) is 92.1 Å². The van der Waals surface area contributed by atoms with Crippen LogP contribution in [0.15, 0.2) is 72.2 Å². The first-order valence-corrected chi connectivity index (χ1v) is 26.4. The number of nitriles is 1. The number of β-amino-alcohol motifs (C(OH)–C–C–N with tert-alkyl or cyclic N) is 1. The number of aliphatic hydroxyl groups is 1. The number of nitrogens with zero attached hydrogens (tertiary/aromatic N) is 5. The summed E-state index contributed by atoms with van der Waals surface area (Å²) in [6, 6.07) is 17.9. The zero-order valence-corrected chi connectivity index (χ0v) is 44.8. The van der Waals surface area contributed by atoms with Gasteiger partial charge in [-0.25, -0.2) is 4.98 Å². The monoisotopic (exact) mass is 1040 g/mol. The van der Waals surface area contributed by atoms with Crippen LogP contribution < -0.4 is 20.7 Å². The lowest BCUT2D eigenvalue weighted by atomic mass is 9.49. The number of hydrogen-bond donors (Lipinski definition) is 4. The molecule has 2 aliphatic heterocycles. The highest BCUT2D eigenvalue weighted by atomic mass is 32.1. The van der Waals surface area contributed by atoms with E-state index in [-0.39, 0.29) is 55.1 Å². The molecule has 2 saturated heterocycles. The van der Waals surface area contributed by atoms with Gasteiger partial charge in [0.2, 0.25) is 17.7 Å². The van der Waals surface area contributed by atoms with Crippen LogP contribution >= 0.6 is 11.3 Å². The van der Waals surface area contributed by atoms with Crippen molar-refractivity contribution >= 4 is 35.0 Å². The van der Waals surface area contributed by atoms with Gasteiger partial charge in [-0.1, -0.05) is 84.9 Å². The largest absolute Gasteiger partial charge is 0.489 e. The summed E-state index contributed by atoms with van der Waals surface area (Å²) >= 11 is 1.57. The number of aryl methyl sites for hydroxylation is 2. The topological polar surface area (TPSA) is 180 Å². The van der Waals surface area contributed by atoms with Gasteiger partial charge in [-0.2, -0.15) is 18.4 Å². The van der Waals surface area contributed by atoms with Crippen LogP contribution in [0.2, 0.25) is 0 Å². The van der Waals surface area contributed by atoms with E-state index in [9.17, 15) is 42.7 Å². The quantitative estimate of drug-likeness (QED) is 0.0759. The smallest absolute Gasteiger partial charge is 0.417 e. The van der Waals surface area contributed by atoms with Crippen LogP contribution in [0.3, 0.4) is 0 Å². The predicted octanol–water partition coefficient (Wildman–Crippen LogP) is 7.93. The third-order valence-electron chi connectivity index (χ3n) is 15.1. The fourth-order valence-corrected chi connectivity index (χ4v) is 12.0. The molecule has 3 aromatic carbocycles. The van der Waals surface area contributed by atoms with Crippen molar-refractivity contribution in [2.75, 3.05) is 45.8 Å². The second-order valence-corrected chi connectivity index (χ2v) is 23.4. The summed E-state index contributed by atoms with van der Waals surface area (Å²) in [6.07, 6.45) is -3.23. The lowest BCUT2D eigenvalue weighted by Crippen LogP contribution is -2.74. The fraction of sp³-hybridized carbons (Fsp3) is 0.536. The Hall–Kier alpha value is -5.87. The molecule has 4 N–H and O–H groups in total. The van der Waals surface area contributed by atoms with Crippen LogP contribution in [-0.2, 0) is 27.0 Å². The average molecular weight is 1040 g/mol. The Kier molecular flexibility index (Phi) is 17.0. The molecule has 3 fully saturated rings. The van der Waals surface area contributed by atoms with Gasteiger partial charge in [0.05, 0.1) is 52.0 Å². The maximum atomic E-state index is 14.2. The van der Waals surface area contributed by atoms with E-state index in [1.807, 2.05) is 116 Å². The lowest BCUT2D eigenvalue weighted by molar-refractivity contribution is -0.164. The van der Waals surface area contributed by atoms with E-state index >= 15 is 0 Å². The molecule has 18 heteroatoms. The van der Waals surface area contributed by atoms with E-state index in [0.29, 0.717) is 18.7 Å². The van der Waals surface area contributed by atoms with Crippen molar-refractivity contribution in [2.45, 2.75) is 131 Å². The molecule has 0 bridgehead atoms. The summed E-state index contributed by atoms with van der Waals surface area (Å²) in [7, 11) is 0. The number of thiazole rings is 1. The molecule has 0 spiro atoms. The molecule has 3 heterocycles. The minimum Gasteiger partial charge on any atom is -0.489 e. The van der Waals surface area contributed by atoms with Crippen molar-refractivity contribution < 1.29 is 42.2 Å². The summed E-state index contributed by atoms with van der Waals surface area (Å²) < 4.78 is 47.0. The molecule has 398 valence electrons. The van der Waals surface area contributed by atoms with Gasteiger partial charge in [-0.3, -0.25) is 24.1 Å². The molecule has 1 aromatic heterocycles. The Morgan fingerprint density at radius 2 is 1.57 bits per heavy atom. The standard InChI is InChI=1S/C56H71F3N8O6S/c1-34(37-17-19-38(20-18-37)46-35(2)61-33-74-46)62-49(71)44-28-41(68)31-67(44)50(72)47(53(3,4)5)63-45(69)32-66-26-24-65(25-27-66)23-11-10-12-36-13-15-39(16-14-36)48(70)64-51-54(6,7)52(55(51,8)9)73-42-22-21-40(30-60)43(29-42)56(57,58)59/h13-22,29,33-34,41,44,47,51-52,68H,10-12,23-28,31-32H2,1-9H3,(H,62,71)(H,63,69)(H,64,70)/t34-,41+,44?,47?,51?,52?/m0/s1. The van der Waals surface area contributed by atoms with E-state index in [1.54, 1.807) is 17.4 Å². The summed E-state index contributed by atoms with van der Waals surface area (Å²) in [6.45, 7) is 21.2. The van der Waals surface area contributed by atoms with Gasteiger partial charge in [0, 0.05) is 61.6 Å². The number of likely N-dealkylation sites (tertiary alicyclic amines) is 1. The number of halogens is 3. The van der Waals surface area contributed by atoms with E-state index < -0.39 is 63.7 Å². The van der Waals surface area contributed by atoms with Crippen molar-refractivity contribution in [3.05, 3.63) is 106 Å². The number of amides is 4. The van der Waals surface area contributed by atoms with Crippen molar-refractivity contribution in [2.24, 2.45) is 16.2 Å². The van der Waals surface area contributed by atoms with Crippen LogP contribution in [-0.4, -0.2) is 125 Å². The predicted molar refractivity (Wildman–Crippen MR) is 278 cm³/mol. The molecule has 1 saturated carbocycles. The second-order valence-electron chi connectivity index (χ2n) is 22.5. The molecular formula is C56H71F3N8O6S. The van der Waals surface area contributed by atoms with Crippen LogP contribution in [0.4, 0.5) is 13.2 Å². The zero-order chi connectivity index (χ0) is 53.9. The zero-order valence-electron chi connectivity index (χ0n) is 43.9. The minimum atomic E-state index is -4.70. The molecule has 7 rings (SSSR count). The number of carbonyl (C=O) groups excluding carboxylic acids is 4. The molecule has 2 unspecified atom stereocenters. The number of carbonyl (C=O) groups is 4. The average Bonchev–Trinajstić information content (AvgIpc) is 3.97. The summed E-state index contributed by atoms with van der Waals surface area (Å²) in [5, 5.41) is 29.1. The number of piperazine rings is 1. The van der Waals surface area contributed by atoms with E-state index in [1.165, 1.54) is 11.0 Å². The Bertz CT molecular complexity index is 2670. The third-order valence-corrected chi connectivity index (χ3v) is 16.1. The van der Waals surface area contributed by atoms with Crippen molar-refractivity contribution in [1.82, 2.24) is 35.6 Å². The van der Waals surface area contributed by atoms with E-state index in [2.05, 4.69) is 30.7 Å². The maximum absolute atomic E-state index is 14.2. The number of aromatic nitrogens is 1. The number of hydrogen-bond acceptors (Lipinski definition) is 11. The number of ether oxygens (including phenoxy) is 1. The Labute approximate surface area is 437 Å². The Morgan fingerprint density at radius 1 is 0.919 bits per heavy atom. The number of alkyl halides is 3. The molecule has 14 nitrogen and oxygen atoms in total. The Morgan fingerprint density at radius 3 is 2.16 bits per heavy atom. The molecule has 3 aliphatic rings. The Balaban J connectivity index is 0.820. The van der Waals surface area contributed by atoms with Crippen molar-refractivity contribution in [3.8, 4) is 22.3 Å². The fourth-order valence-electron chi connectivity index (χ4n) is 11.2. The lowest BCUT2D eigenvalue weighted by Gasteiger charge is -2.63. The molecular weight excluding hydrogens is 970 g/mol. The molecule has 74 heavy (non-hydrogen) atoms. The molecule has 4 atom stereocenters. The molecule has 1 aliphatic carbocycles. The van der Waals surface area contributed by atoms with Gasteiger partial charge >= 0.3 is 6.18 Å². The first-order chi connectivity index (χ1) is 34.8. The highest BCUT2D eigenvalue weighted by Gasteiger charge is 2.64. The summed E-state index contributed by atoms with van der Waals surface area (Å²) in [4.78, 5) is 66.3. The molecule has 4 aromatic rings. The van der Waals surface area contributed by atoms with Gasteiger partial charge < -0.3 is 35.6 Å². The van der Waals surface area contributed by atoms with Gasteiger partial charge in [0.25, 0.3) is 5.91 Å². The first kappa shape index (κ1) is 55.9. The number of nitrogens with one attached hydrogen (secondary N) is 3. The van der Waals surface area contributed by atoms with Crippen molar-refractivity contribution in [1.29, 1.82) is 5.26 Å². The van der Waals surface area contributed by atoms with Crippen LogP contribution in [0, 0.1) is 34.5 Å². The second kappa shape index (κ2) is 22.5. The van der Waals surface area contributed by atoms with E-state index in [4.69, 9.17) is 4.74 Å². The first-order valence-electron chi connectivity index (χ1n) is 25.5. The number of rotatable bonds is 17. The SMILES string of the molecule is Cc1ncsc1-c1ccc([C@H](C)NC(=O)C2C[C@@H](O)CN2C(=O)C(NC(=O)CN2CCN(CCCCc3ccc(C(=O)NC4C(C)(C)C(Oc5ccc(C#N)c(C(F)(F)F)c5)C4(C)C)cc3)CC2)C(C)(C)C)cc1. The van der Waals surface area contributed by atoms with Crippen LogP contribution in [0.5, 0.6) is 5.75 Å². The van der Waals surface area contributed by atoms with Crippen LogP contribution in [0.1, 0.15) is 119 Å². The van der Waals surface area contributed by atoms with E-state index in [0.717, 1.165) is 78.3 Å². The summed E-state index contributed by atoms with van der Waals surface area (Å²) in [5.41, 5.74) is 2.91. The highest BCUT2D eigenvalue weighted by Crippen LogP contribution is 2.56. The molecule has 0 radical (unpaired) electrons. The summed E-state index contributed by atoms with van der Waals surface area (Å²) in [5.74, 6) is -1.26. The number of benzene rings is 3. The van der Waals surface area contributed by atoms with Gasteiger partial charge in [0.15, 0.2) is 0 Å². The van der Waals surface area contributed by atoms with Crippen LogP contribution in [0.25, 0.3) is 10.4 Å². The number of unbranched alkanes of at least 4 members (excludes halogenated alkanes) is 1. The maximum Gasteiger partial charge on any atom is 0.417 e. The number of aliphatic hydroxyl groups excluding tert-OH is 1.